The Kier molecular flexibility index (Phi) is 6.72. The van der Waals surface area contributed by atoms with E-state index in [-0.39, 0.29) is 18.4 Å². The molecular weight excluding hydrogens is 332 g/mol. The summed E-state index contributed by atoms with van der Waals surface area (Å²) in [5.41, 5.74) is 2.11. The van der Waals surface area contributed by atoms with Gasteiger partial charge in [0.15, 0.2) is 0 Å². The van der Waals surface area contributed by atoms with Gasteiger partial charge in [-0.25, -0.2) is 0 Å². The molecule has 1 atom stereocenters. The number of aromatic nitrogens is 1. The third kappa shape index (κ3) is 5.31. The fraction of sp³-hybridized carbons (Fsp3) is 0.350. The number of ether oxygens (including phenoxy) is 1. The number of pyridine rings is 1. The maximum Gasteiger partial charge on any atom is 0.308 e. The number of amides is 1. The lowest BCUT2D eigenvalue weighted by atomic mass is 9.97. The van der Waals surface area contributed by atoms with Crippen LogP contribution in [0.4, 0.5) is 0 Å². The van der Waals surface area contributed by atoms with Gasteiger partial charge in [0.05, 0.1) is 18.6 Å². The summed E-state index contributed by atoms with van der Waals surface area (Å²) in [6, 6.07) is 9.19. The Balaban J connectivity index is 2.08. The minimum Gasteiger partial charge on any atom is -0.497 e. The normalized spacial score (nSPS) is 11.8. The van der Waals surface area contributed by atoms with Crippen LogP contribution in [-0.2, 0) is 4.79 Å². The number of nitrogens with zero attached hydrogens (tertiary/aromatic N) is 1. The van der Waals surface area contributed by atoms with E-state index in [4.69, 9.17) is 4.74 Å². The van der Waals surface area contributed by atoms with E-state index in [9.17, 15) is 14.7 Å². The van der Waals surface area contributed by atoms with Gasteiger partial charge in [0.25, 0.3) is 5.91 Å². The summed E-state index contributed by atoms with van der Waals surface area (Å²) in [6.45, 7) is 4.01. The van der Waals surface area contributed by atoms with E-state index in [1.54, 1.807) is 19.4 Å². The third-order valence-electron chi connectivity index (χ3n) is 4.04. The fourth-order valence-electron chi connectivity index (χ4n) is 2.66. The van der Waals surface area contributed by atoms with Gasteiger partial charge in [0, 0.05) is 24.5 Å². The quantitative estimate of drug-likeness (QED) is 0.758. The molecule has 1 amide bonds. The van der Waals surface area contributed by atoms with Crippen LogP contribution in [0, 0.1) is 11.8 Å². The summed E-state index contributed by atoms with van der Waals surface area (Å²) in [5, 5.41) is 12.0. The molecular formula is C20H24N2O4. The van der Waals surface area contributed by atoms with E-state index in [0.717, 1.165) is 16.9 Å². The Hall–Kier alpha value is -2.89. The van der Waals surface area contributed by atoms with E-state index >= 15 is 0 Å². The molecule has 138 valence electrons. The summed E-state index contributed by atoms with van der Waals surface area (Å²) < 4.78 is 5.14. The van der Waals surface area contributed by atoms with Crippen molar-refractivity contribution in [3.05, 3.63) is 48.3 Å². The highest BCUT2D eigenvalue weighted by Gasteiger charge is 2.20. The zero-order valence-corrected chi connectivity index (χ0v) is 15.2. The molecule has 0 saturated heterocycles. The minimum absolute atomic E-state index is 0.0963. The summed E-state index contributed by atoms with van der Waals surface area (Å²) in [4.78, 5) is 27.8. The van der Waals surface area contributed by atoms with E-state index in [0.29, 0.717) is 12.0 Å². The van der Waals surface area contributed by atoms with Crippen molar-refractivity contribution >= 4 is 11.9 Å². The molecule has 6 nitrogen and oxygen atoms in total. The van der Waals surface area contributed by atoms with Gasteiger partial charge >= 0.3 is 5.97 Å². The van der Waals surface area contributed by atoms with Crippen molar-refractivity contribution in [2.24, 2.45) is 11.8 Å². The monoisotopic (exact) mass is 356 g/mol. The molecule has 2 aromatic rings. The number of methoxy groups -OCH3 is 1. The van der Waals surface area contributed by atoms with Gasteiger partial charge in [0.1, 0.15) is 5.75 Å². The first-order valence-electron chi connectivity index (χ1n) is 8.51. The van der Waals surface area contributed by atoms with Crippen molar-refractivity contribution < 1.29 is 19.4 Å². The Labute approximate surface area is 153 Å². The SMILES string of the molecule is COc1ccc(-c2cncc(C(=O)NCC(CC(C)C)C(=O)O)c2)cc1. The Morgan fingerprint density at radius 3 is 2.42 bits per heavy atom. The van der Waals surface area contributed by atoms with Crippen LogP contribution in [0.1, 0.15) is 30.6 Å². The molecule has 0 radical (unpaired) electrons. The number of aliphatic carboxylic acids is 1. The predicted molar refractivity (Wildman–Crippen MR) is 99.1 cm³/mol. The average molecular weight is 356 g/mol. The third-order valence-corrected chi connectivity index (χ3v) is 4.04. The first kappa shape index (κ1) is 19.4. The van der Waals surface area contributed by atoms with Crippen LogP contribution in [0.15, 0.2) is 42.7 Å². The van der Waals surface area contributed by atoms with Gasteiger partial charge < -0.3 is 15.2 Å². The average Bonchev–Trinajstić information content (AvgIpc) is 2.64. The number of hydrogen-bond acceptors (Lipinski definition) is 4. The zero-order valence-electron chi connectivity index (χ0n) is 15.2. The number of carboxylic acids is 1. The molecule has 1 aromatic carbocycles. The highest BCUT2D eigenvalue weighted by Crippen LogP contribution is 2.22. The summed E-state index contributed by atoms with van der Waals surface area (Å²) >= 11 is 0. The summed E-state index contributed by atoms with van der Waals surface area (Å²) in [5.74, 6) is -0.836. The van der Waals surface area contributed by atoms with Gasteiger partial charge in [-0.2, -0.15) is 0 Å². The smallest absolute Gasteiger partial charge is 0.308 e. The van der Waals surface area contributed by atoms with Gasteiger partial charge in [0.2, 0.25) is 0 Å². The van der Waals surface area contributed by atoms with Crippen molar-refractivity contribution in [1.29, 1.82) is 0 Å². The van der Waals surface area contributed by atoms with Crippen molar-refractivity contribution in [2.75, 3.05) is 13.7 Å². The highest BCUT2D eigenvalue weighted by molar-refractivity contribution is 5.95. The van der Waals surface area contributed by atoms with E-state index < -0.39 is 11.9 Å². The second-order valence-corrected chi connectivity index (χ2v) is 6.57. The molecule has 0 aliphatic heterocycles. The number of nitrogens with one attached hydrogen (secondary N) is 1. The molecule has 26 heavy (non-hydrogen) atoms. The largest absolute Gasteiger partial charge is 0.497 e. The van der Waals surface area contributed by atoms with Crippen LogP contribution >= 0.6 is 0 Å². The maximum absolute atomic E-state index is 12.4. The standard InChI is InChI=1S/C20H24N2O4/c1-13(2)8-17(20(24)25)12-22-19(23)16-9-15(10-21-11-16)14-4-6-18(26-3)7-5-14/h4-7,9-11,13,17H,8,12H2,1-3H3,(H,22,23)(H,24,25). The highest BCUT2D eigenvalue weighted by atomic mass is 16.5. The van der Waals surface area contributed by atoms with E-state index in [1.165, 1.54) is 6.20 Å². The molecule has 1 unspecified atom stereocenters. The molecule has 0 saturated carbocycles. The first-order chi connectivity index (χ1) is 12.4. The topological polar surface area (TPSA) is 88.5 Å². The number of rotatable bonds is 8. The second-order valence-electron chi connectivity index (χ2n) is 6.57. The number of carbonyl (C=O) groups excluding carboxylic acids is 1. The number of carboxylic acid groups (broad SMARTS) is 1. The van der Waals surface area contributed by atoms with E-state index in [1.807, 2.05) is 38.1 Å². The molecule has 0 spiro atoms. The van der Waals surface area contributed by atoms with Crippen molar-refractivity contribution in [2.45, 2.75) is 20.3 Å². The lowest BCUT2D eigenvalue weighted by molar-refractivity contribution is -0.142. The minimum atomic E-state index is -0.899. The number of hydrogen-bond donors (Lipinski definition) is 2. The van der Waals surface area contributed by atoms with E-state index in [2.05, 4.69) is 10.3 Å². The molecule has 1 heterocycles. The Morgan fingerprint density at radius 1 is 1.15 bits per heavy atom. The zero-order chi connectivity index (χ0) is 19.1. The van der Waals surface area contributed by atoms with Crippen LogP contribution in [-0.4, -0.2) is 35.6 Å². The number of benzene rings is 1. The second kappa shape index (κ2) is 8.99. The Morgan fingerprint density at radius 2 is 1.85 bits per heavy atom. The lowest BCUT2D eigenvalue weighted by Gasteiger charge is -2.15. The van der Waals surface area contributed by atoms with Crippen LogP contribution in [0.3, 0.4) is 0 Å². The molecule has 0 bridgehead atoms. The summed E-state index contributed by atoms with van der Waals surface area (Å²) in [6.07, 6.45) is 3.66. The summed E-state index contributed by atoms with van der Waals surface area (Å²) in [7, 11) is 1.60. The molecule has 2 rings (SSSR count). The first-order valence-corrected chi connectivity index (χ1v) is 8.51. The van der Waals surface area contributed by atoms with Crippen LogP contribution < -0.4 is 10.1 Å². The van der Waals surface area contributed by atoms with Gasteiger partial charge in [-0.1, -0.05) is 26.0 Å². The molecule has 1 aromatic heterocycles. The lowest BCUT2D eigenvalue weighted by Crippen LogP contribution is -2.33. The molecule has 0 fully saturated rings. The molecule has 0 aliphatic rings. The van der Waals surface area contributed by atoms with Crippen LogP contribution in [0.25, 0.3) is 11.1 Å². The van der Waals surface area contributed by atoms with Crippen LogP contribution in [0.2, 0.25) is 0 Å². The van der Waals surface area contributed by atoms with Crippen molar-refractivity contribution in [3.63, 3.8) is 0 Å². The molecule has 0 aliphatic carbocycles. The maximum atomic E-state index is 12.4. The molecule has 2 N–H and O–H groups in total. The molecule has 6 heteroatoms. The predicted octanol–water partition coefficient (Wildman–Crippen LogP) is 3.23. The van der Waals surface area contributed by atoms with Crippen molar-refractivity contribution in [1.82, 2.24) is 10.3 Å². The van der Waals surface area contributed by atoms with Gasteiger partial charge in [-0.05, 0) is 36.1 Å². The van der Waals surface area contributed by atoms with Crippen LogP contribution in [0.5, 0.6) is 5.75 Å². The number of carbonyl (C=O) groups is 2. The fourth-order valence-corrected chi connectivity index (χ4v) is 2.66. The van der Waals surface area contributed by atoms with Gasteiger partial charge in [-0.15, -0.1) is 0 Å². The van der Waals surface area contributed by atoms with Gasteiger partial charge in [-0.3, -0.25) is 14.6 Å². The Bertz CT molecular complexity index is 757. The van der Waals surface area contributed by atoms with Crippen molar-refractivity contribution in [3.8, 4) is 16.9 Å².